The third-order valence-electron chi connectivity index (χ3n) is 5.60. The normalized spacial score (nSPS) is 18.0. The van der Waals surface area contributed by atoms with E-state index in [9.17, 15) is 12.8 Å². The second kappa shape index (κ2) is 9.25. The number of hydrogen-bond donors (Lipinski definition) is 0. The smallest absolute Gasteiger partial charge is 0.204 e. The molecular weight excluding hydrogens is 447 g/mol. The molecule has 0 unspecified atom stereocenters. The monoisotopic (exact) mass is 474 g/mol. The van der Waals surface area contributed by atoms with Crippen LogP contribution >= 0.6 is 12.2 Å². The molecule has 2 heterocycles. The lowest BCUT2D eigenvalue weighted by atomic mass is 10.1. The zero-order valence-corrected chi connectivity index (χ0v) is 19.8. The van der Waals surface area contributed by atoms with Gasteiger partial charge in [-0.2, -0.15) is 0 Å². The molecule has 1 fully saturated rings. The molecule has 0 spiro atoms. The Labute approximate surface area is 193 Å². The molecule has 1 aliphatic heterocycles. The molecule has 1 saturated heterocycles. The summed E-state index contributed by atoms with van der Waals surface area (Å²) in [5, 5.41) is 4.82. The summed E-state index contributed by atoms with van der Waals surface area (Å²) in [6.07, 6.45) is 0.618. The highest BCUT2D eigenvalue weighted by molar-refractivity contribution is 7.91. The van der Waals surface area contributed by atoms with E-state index >= 15 is 0 Å². The number of aromatic nitrogens is 3. The molecule has 0 N–H and O–H groups in total. The van der Waals surface area contributed by atoms with Gasteiger partial charge in [-0.1, -0.05) is 44.2 Å². The maximum atomic E-state index is 13.5. The van der Waals surface area contributed by atoms with E-state index in [-0.39, 0.29) is 23.4 Å². The standard InChI is InChI=1S/C23H27FN4O2S2/c1-17(2)14-26(21-12-13-32(29,30)15-21)16-27-23(31)28(20-10-8-19(24)9-11-20)22(25-27)18-6-4-3-5-7-18/h3-11,17,21H,12-16H2,1-2H3/t21-/m1/s1. The van der Waals surface area contributed by atoms with Gasteiger partial charge < -0.3 is 0 Å². The Morgan fingerprint density at radius 2 is 1.84 bits per heavy atom. The third-order valence-corrected chi connectivity index (χ3v) is 7.74. The van der Waals surface area contributed by atoms with Gasteiger partial charge in [-0.05, 0) is 48.8 Å². The van der Waals surface area contributed by atoms with Crippen molar-refractivity contribution in [2.45, 2.75) is 33.0 Å². The Hall–Kier alpha value is -2.36. The molecule has 0 radical (unpaired) electrons. The largest absolute Gasteiger partial charge is 0.280 e. The lowest BCUT2D eigenvalue weighted by Gasteiger charge is -2.29. The molecule has 3 aromatic rings. The molecule has 0 aliphatic carbocycles. The fourth-order valence-electron chi connectivity index (χ4n) is 4.12. The van der Waals surface area contributed by atoms with Gasteiger partial charge in [0.05, 0.1) is 23.9 Å². The Bertz CT molecular complexity index is 1240. The van der Waals surface area contributed by atoms with Crippen molar-refractivity contribution in [3.8, 4) is 17.1 Å². The minimum absolute atomic E-state index is 0.0551. The van der Waals surface area contributed by atoms with Crippen molar-refractivity contribution in [1.29, 1.82) is 0 Å². The highest BCUT2D eigenvalue weighted by atomic mass is 32.2. The van der Waals surface area contributed by atoms with Crippen LogP contribution in [0.5, 0.6) is 0 Å². The average Bonchev–Trinajstić information content (AvgIpc) is 3.28. The van der Waals surface area contributed by atoms with Crippen LogP contribution in [0.25, 0.3) is 17.1 Å². The van der Waals surface area contributed by atoms with E-state index in [0.29, 0.717) is 29.6 Å². The number of rotatable bonds is 7. The van der Waals surface area contributed by atoms with E-state index in [2.05, 4.69) is 18.7 Å². The van der Waals surface area contributed by atoms with Crippen molar-refractivity contribution in [2.75, 3.05) is 18.1 Å². The molecule has 0 amide bonds. The molecular formula is C23H27FN4O2S2. The van der Waals surface area contributed by atoms with Crippen LogP contribution in [0.1, 0.15) is 20.3 Å². The van der Waals surface area contributed by atoms with Crippen LogP contribution < -0.4 is 0 Å². The lowest BCUT2D eigenvalue weighted by Crippen LogP contribution is -2.40. The molecule has 170 valence electrons. The van der Waals surface area contributed by atoms with Crippen LogP contribution in [0.2, 0.25) is 0 Å². The fourth-order valence-corrected chi connectivity index (χ4v) is 6.18. The van der Waals surface area contributed by atoms with Gasteiger partial charge in [0.2, 0.25) is 4.77 Å². The number of benzene rings is 2. The van der Waals surface area contributed by atoms with Crippen LogP contribution in [-0.2, 0) is 16.5 Å². The summed E-state index contributed by atoms with van der Waals surface area (Å²) in [6, 6.07) is 15.8. The van der Waals surface area contributed by atoms with Crippen molar-refractivity contribution in [3.05, 3.63) is 65.2 Å². The zero-order chi connectivity index (χ0) is 22.9. The highest BCUT2D eigenvalue weighted by Crippen LogP contribution is 2.25. The number of sulfone groups is 1. The van der Waals surface area contributed by atoms with Gasteiger partial charge in [-0.3, -0.25) is 9.47 Å². The molecule has 6 nitrogen and oxygen atoms in total. The minimum Gasteiger partial charge on any atom is -0.280 e. The van der Waals surface area contributed by atoms with Crippen LogP contribution in [-0.4, -0.2) is 51.8 Å². The zero-order valence-electron chi connectivity index (χ0n) is 18.2. The van der Waals surface area contributed by atoms with Crippen LogP contribution in [0.15, 0.2) is 54.6 Å². The molecule has 1 aromatic heterocycles. The molecule has 32 heavy (non-hydrogen) atoms. The second-order valence-electron chi connectivity index (χ2n) is 8.65. The van der Waals surface area contributed by atoms with Crippen molar-refractivity contribution >= 4 is 22.1 Å². The maximum absolute atomic E-state index is 13.5. The van der Waals surface area contributed by atoms with E-state index in [0.717, 1.165) is 17.8 Å². The first-order chi connectivity index (χ1) is 15.2. The fraction of sp³-hybridized carbons (Fsp3) is 0.391. The van der Waals surface area contributed by atoms with Gasteiger partial charge >= 0.3 is 0 Å². The van der Waals surface area contributed by atoms with Crippen LogP contribution in [0.3, 0.4) is 0 Å². The predicted molar refractivity (Wildman–Crippen MR) is 126 cm³/mol. The maximum Gasteiger partial charge on any atom is 0.204 e. The van der Waals surface area contributed by atoms with Crippen LogP contribution in [0.4, 0.5) is 4.39 Å². The van der Waals surface area contributed by atoms with Gasteiger partial charge in [0.1, 0.15) is 5.82 Å². The van der Waals surface area contributed by atoms with E-state index in [1.165, 1.54) is 12.1 Å². The van der Waals surface area contributed by atoms with E-state index in [1.54, 1.807) is 16.8 Å². The van der Waals surface area contributed by atoms with E-state index in [1.807, 2.05) is 34.9 Å². The van der Waals surface area contributed by atoms with Crippen molar-refractivity contribution in [1.82, 2.24) is 19.2 Å². The topological polar surface area (TPSA) is 60.1 Å². The minimum atomic E-state index is -3.01. The molecule has 0 saturated carbocycles. The van der Waals surface area contributed by atoms with Crippen molar-refractivity contribution < 1.29 is 12.8 Å². The molecule has 0 bridgehead atoms. The Morgan fingerprint density at radius 1 is 1.16 bits per heavy atom. The third kappa shape index (κ3) is 5.00. The van der Waals surface area contributed by atoms with Gasteiger partial charge in [-0.15, -0.1) is 5.10 Å². The summed E-state index contributed by atoms with van der Waals surface area (Å²) in [7, 11) is -3.01. The number of nitrogens with zero attached hydrogens (tertiary/aromatic N) is 4. The first-order valence-electron chi connectivity index (χ1n) is 10.7. The van der Waals surface area contributed by atoms with Gasteiger partial charge in [0.15, 0.2) is 15.7 Å². The molecule has 2 aromatic carbocycles. The summed E-state index contributed by atoms with van der Waals surface area (Å²) in [5.74, 6) is 1.08. The predicted octanol–water partition coefficient (Wildman–Crippen LogP) is 4.31. The average molecular weight is 475 g/mol. The summed E-state index contributed by atoms with van der Waals surface area (Å²) in [4.78, 5) is 2.17. The summed E-state index contributed by atoms with van der Waals surface area (Å²) >= 11 is 5.80. The van der Waals surface area contributed by atoms with Gasteiger partial charge in [0, 0.05) is 18.2 Å². The Balaban J connectivity index is 1.76. The van der Waals surface area contributed by atoms with E-state index < -0.39 is 9.84 Å². The first kappa shape index (κ1) is 22.8. The highest BCUT2D eigenvalue weighted by Gasteiger charge is 2.33. The second-order valence-corrected chi connectivity index (χ2v) is 11.2. The summed E-state index contributed by atoms with van der Waals surface area (Å²) in [5.41, 5.74) is 1.61. The van der Waals surface area contributed by atoms with Crippen molar-refractivity contribution in [2.24, 2.45) is 5.92 Å². The number of halogens is 1. The molecule has 4 rings (SSSR count). The molecule has 9 heteroatoms. The SMILES string of the molecule is CC(C)CN(Cn1nc(-c2ccccc2)n(-c2ccc(F)cc2)c1=S)[C@@H]1CCS(=O)(=O)C1. The summed E-state index contributed by atoms with van der Waals surface area (Å²) in [6.45, 7) is 5.36. The first-order valence-corrected chi connectivity index (χ1v) is 12.9. The van der Waals surface area contributed by atoms with Gasteiger partial charge in [0.25, 0.3) is 0 Å². The molecule has 1 atom stereocenters. The summed E-state index contributed by atoms with van der Waals surface area (Å²) < 4.78 is 41.8. The van der Waals surface area contributed by atoms with E-state index in [4.69, 9.17) is 17.3 Å². The Morgan fingerprint density at radius 3 is 2.44 bits per heavy atom. The van der Waals surface area contributed by atoms with Crippen molar-refractivity contribution in [3.63, 3.8) is 0 Å². The quantitative estimate of drug-likeness (QED) is 0.478. The number of hydrogen-bond acceptors (Lipinski definition) is 5. The van der Waals surface area contributed by atoms with Crippen LogP contribution in [0, 0.1) is 16.5 Å². The lowest BCUT2D eigenvalue weighted by molar-refractivity contribution is 0.137. The Kier molecular flexibility index (Phi) is 6.60. The molecule has 1 aliphatic rings. The van der Waals surface area contributed by atoms with Gasteiger partial charge in [-0.25, -0.2) is 17.5 Å².